The van der Waals surface area contributed by atoms with Crippen LogP contribution >= 0.6 is 0 Å². The first kappa shape index (κ1) is 16.8. The number of hydrogen-bond acceptors (Lipinski definition) is 5. The van der Waals surface area contributed by atoms with Crippen molar-refractivity contribution in [3.63, 3.8) is 0 Å². The Balaban J connectivity index is 1.44. The van der Waals surface area contributed by atoms with Crippen LogP contribution in [0.2, 0.25) is 0 Å². The molecule has 1 amide bonds. The molecule has 0 N–H and O–H groups in total. The highest BCUT2D eigenvalue weighted by Gasteiger charge is 2.28. The third kappa shape index (κ3) is 3.11. The number of aromatic nitrogens is 2. The van der Waals surface area contributed by atoms with Crippen LogP contribution in [0.4, 0.5) is 0 Å². The summed E-state index contributed by atoms with van der Waals surface area (Å²) in [4.78, 5) is 19.1. The topological polar surface area (TPSA) is 72.4 Å². The van der Waals surface area contributed by atoms with Crippen molar-refractivity contribution in [2.75, 3.05) is 13.1 Å². The fourth-order valence-electron chi connectivity index (χ4n) is 3.69. The fraction of sp³-hybridized carbons (Fsp3) is 0.450. The first-order valence-corrected chi connectivity index (χ1v) is 9.09. The van der Waals surface area contributed by atoms with E-state index < -0.39 is 0 Å². The van der Waals surface area contributed by atoms with Crippen LogP contribution in [0.1, 0.15) is 46.2 Å². The fourth-order valence-corrected chi connectivity index (χ4v) is 3.69. The number of nitrogens with zero attached hydrogens (tertiary/aromatic N) is 3. The van der Waals surface area contributed by atoms with Gasteiger partial charge in [-0.25, -0.2) is 0 Å². The van der Waals surface area contributed by atoms with Crippen LogP contribution in [-0.2, 0) is 6.42 Å². The molecule has 0 atom stereocenters. The van der Waals surface area contributed by atoms with Gasteiger partial charge in [-0.2, -0.15) is 4.98 Å². The summed E-state index contributed by atoms with van der Waals surface area (Å²) >= 11 is 0. The van der Waals surface area contributed by atoms with Crippen LogP contribution < -0.4 is 0 Å². The lowest BCUT2D eigenvalue weighted by atomic mass is 9.93. The average Bonchev–Trinajstić information content (AvgIpc) is 3.18. The third-order valence-corrected chi connectivity index (χ3v) is 5.22. The zero-order valence-electron chi connectivity index (χ0n) is 15.4. The number of rotatable bonds is 3. The van der Waals surface area contributed by atoms with E-state index in [9.17, 15) is 4.79 Å². The highest BCUT2D eigenvalue weighted by Crippen LogP contribution is 2.29. The molecule has 136 valence electrons. The summed E-state index contributed by atoms with van der Waals surface area (Å²) in [6.07, 6.45) is 2.66. The van der Waals surface area contributed by atoms with Crippen molar-refractivity contribution in [3.05, 3.63) is 46.8 Å². The van der Waals surface area contributed by atoms with Gasteiger partial charge in [-0.3, -0.25) is 4.79 Å². The first-order chi connectivity index (χ1) is 12.5. The number of hydrogen-bond donors (Lipinski definition) is 0. The maximum atomic E-state index is 12.9. The largest absolute Gasteiger partial charge is 0.451 e. The van der Waals surface area contributed by atoms with Gasteiger partial charge in [-0.05, 0) is 51.2 Å². The first-order valence-electron chi connectivity index (χ1n) is 9.09. The minimum absolute atomic E-state index is 0.0107. The average molecular weight is 353 g/mol. The van der Waals surface area contributed by atoms with Crippen molar-refractivity contribution in [2.24, 2.45) is 5.92 Å². The van der Waals surface area contributed by atoms with Crippen LogP contribution in [0.5, 0.6) is 0 Å². The standard InChI is InChI=1S/C20H23N3O3/c1-12-4-5-16-13(2)19(25-17(16)10-12)20(24)23-8-6-15(7-9-23)11-18-21-14(3)22-26-18/h4-5,10,15H,6-9,11H2,1-3H3. The molecule has 1 saturated heterocycles. The summed E-state index contributed by atoms with van der Waals surface area (Å²) in [6, 6.07) is 6.06. The van der Waals surface area contributed by atoms with Gasteiger partial charge in [-0.1, -0.05) is 17.3 Å². The molecule has 1 aromatic carbocycles. The quantitative estimate of drug-likeness (QED) is 0.715. The van der Waals surface area contributed by atoms with Crippen LogP contribution in [-0.4, -0.2) is 34.0 Å². The van der Waals surface area contributed by atoms with Crippen molar-refractivity contribution >= 4 is 16.9 Å². The van der Waals surface area contributed by atoms with Crippen LogP contribution in [0, 0.1) is 26.7 Å². The van der Waals surface area contributed by atoms with E-state index in [0.29, 0.717) is 23.4 Å². The molecule has 6 nitrogen and oxygen atoms in total. The Morgan fingerprint density at radius 1 is 1.23 bits per heavy atom. The lowest BCUT2D eigenvalue weighted by molar-refractivity contribution is 0.0657. The van der Waals surface area contributed by atoms with Crippen molar-refractivity contribution < 1.29 is 13.7 Å². The summed E-state index contributed by atoms with van der Waals surface area (Å²) in [5.74, 6) is 2.29. The highest BCUT2D eigenvalue weighted by molar-refractivity contribution is 5.99. The van der Waals surface area contributed by atoms with E-state index in [0.717, 1.165) is 54.4 Å². The van der Waals surface area contributed by atoms with Gasteiger partial charge < -0.3 is 13.8 Å². The van der Waals surface area contributed by atoms with E-state index in [1.165, 1.54) is 0 Å². The molecule has 2 aromatic heterocycles. The van der Waals surface area contributed by atoms with Gasteiger partial charge in [0.15, 0.2) is 11.6 Å². The van der Waals surface area contributed by atoms with Crippen LogP contribution in [0.3, 0.4) is 0 Å². The molecule has 0 aliphatic carbocycles. The van der Waals surface area contributed by atoms with Gasteiger partial charge in [0.25, 0.3) is 5.91 Å². The second kappa shape index (κ2) is 6.59. The molecule has 0 bridgehead atoms. The predicted molar refractivity (Wildman–Crippen MR) is 97.1 cm³/mol. The monoisotopic (exact) mass is 353 g/mol. The maximum absolute atomic E-state index is 12.9. The molecule has 26 heavy (non-hydrogen) atoms. The Morgan fingerprint density at radius 3 is 2.69 bits per heavy atom. The Bertz CT molecular complexity index is 949. The molecule has 0 unspecified atom stereocenters. The molecular weight excluding hydrogens is 330 g/mol. The zero-order valence-corrected chi connectivity index (χ0v) is 15.4. The van der Waals surface area contributed by atoms with Gasteiger partial charge in [0, 0.05) is 30.5 Å². The number of amides is 1. The molecular formula is C20H23N3O3. The number of aryl methyl sites for hydroxylation is 3. The number of furan rings is 1. The number of carbonyl (C=O) groups excluding carboxylic acids is 1. The van der Waals surface area contributed by atoms with E-state index in [-0.39, 0.29) is 5.91 Å². The lowest BCUT2D eigenvalue weighted by Crippen LogP contribution is -2.39. The molecule has 6 heteroatoms. The van der Waals surface area contributed by atoms with E-state index in [2.05, 4.69) is 10.1 Å². The van der Waals surface area contributed by atoms with Crippen LogP contribution in [0.25, 0.3) is 11.0 Å². The predicted octanol–water partition coefficient (Wildman–Crippen LogP) is 3.84. The smallest absolute Gasteiger partial charge is 0.289 e. The van der Waals surface area contributed by atoms with Crippen LogP contribution in [0.15, 0.2) is 27.1 Å². The summed E-state index contributed by atoms with van der Waals surface area (Å²) in [5, 5.41) is 4.85. The molecule has 3 aromatic rings. The van der Waals surface area contributed by atoms with Crippen molar-refractivity contribution in [1.82, 2.24) is 15.0 Å². The molecule has 0 radical (unpaired) electrons. The van der Waals surface area contributed by atoms with E-state index in [4.69, 9.17) is 8.94 Å². The van der Waals surface area contributed by atoms with Gasteiger partial charge in [0.1, 0.15) is 5.58 Å². The zero-order chi connectivity index (χ0) is 18.3. The number of likely N-dealkylation sites (tertiary alicyclic amines) is 1. The Labute approximate surface area is 152 Å². The number of piperidine rings is 1. The van der Waals surface area contributed by atoms with E-state index >= 15 is 0 Å². The minimum Gasteiger partial charge on any atom is -0.451 e. The van der Waals surface area contributed by atoms with Gasteiger partial charge in [0.05, 0.1) is 0 Å². The van der Waals surface area contributed by atoms with Crippen molar-refractivity contribution in [1.29, 1.82) is 0 Å². The highest BCUT2D eigenvalue weighted by atomic mass is 16.5. The van der Waals surface area contributed by atoms with E-state index in [1.807, 2.05) is 43.9 Å². The second-order valence-electron chi connectivity index (χ2n) is 7.23. The summed E-state index contributed by atoms with van der Waals surface area (Å²) in [6.45, 7) is 7.26. The van der Waals surface area contributed by atoms with Crippen molar-refractivity contribution in [2.45, 2.75) is 40.0 Å². The minimum atomic E-state index is -0.0107. The normalized spacial score (nSPS) is 15.7. The van der Waals surface area contributed by atoms with Crippen molar-refractivity contribution in [3.8, 4) is 0 Å². The Hall–Kier alpha value is -2.63. The second-order valence-corrected chi connectivity index (χ2v) is 7.23. The van der Waals surface area contributed by atoms with Gasteiger partial charge in [-0.15, -0.1) is 0 Å². The number of fused-ring (bicyclic) bond motifs is 1. The third-order valence-electron chi connectivity index (χ3n) is 5.22. The molecule has 3 heterocycles. The summed E-state index contributed by atoms with van der Waals surface area (Å²) in [7, 11) is 0. The SMILES string of the molecule is Cc1ccc2c(C)c(C(=O)N3CCC(Cc4nc(C)no4)CC3)oc2c1. The molecule has 1 aliphatic rings. The number of benzene rings is 1. The molecule has 1 aliphatic heterocycles. The summed E-state index contributed by atoms with van der Waals surface area (Å²) in [5.41, 5.74) is 2.84. The molecule has 1 fully saturated rings. The Morgan fingerprint density at radius 2 is 2.00 bits per heavy atom. The Kier molecular flexibility index (Phi) is 4.26. The number of carbonyl (C=O) groups is 1. The molecule has 0 spiro atoms. The molecule has 4 rings (SSSR count). The summed E-state index contributed by atoms with van der Waals surface area (Å²) < 4.78 is 11.1. The lowest BCUT2D eigenvalue weighted by Gasteiger charge is -2.31. The van der Waals surface area contributed by atoms with Gasteiger partial charge >= 0.3 is 0 Å². The molecule has 0 saturated carbocycles. The van der Waals surface area contributed by atoms with E-state index in [1.54, 1.807) is 0 Å². The maximum Gasteiger partial charge on any atom is 0.289 e. The van der Waals surface area contributed by atoms with Gasteiger partial charge in [0.2, 0.25) is 5.89 Å².